The van der Waals surface area contributed by atoms with Crippen molar-refractivity contribution >= 4 is 11.8 Å². The Labute approximate surface area is 87.6 Å². The van der Waals surface area contributed by atoms with Gasteiger partial charge in [0.1, 0.15) is 5.69 Å². The van der Waals surface area contributed by atoms with Crippen LogP contribution in [-0.4, -0.2) is 17.5 Å². The number of fused-ring (bicyclic) bond motifs is 1. The highest BCUT2D eigenvalue weighted by Gasteiger charge is 2.27. The van der Waals surface area contributed by atoms with Crippen LogP contribution in [0.25, 0.3) is 0 Å². The second-order valence-electron chi connectivity index (χ2n) is 3.90. The molecule has 1 atom stereocenters. The van der Waals surface area contributed by atoms with Crippen LogP contribution in [0.4, 0.5) is 0 Å². The van der Waals surface area contributed by atoms with Gasteiger partial charge in [0.25, 0.3) is 0 Å². The second-order valence-corrected chi connectivity index (χ2v) is 5.21. The maximum absolute atomic E-state index is 5.49. The van der Waals surface area contributed by atoms with E-state index in [1.165, 1.54) is 29.9 Å². The smallest absolute Gasteiger partial charge is 0.153 e. The van der Waals surface area contributed by atoms with Gasteiger partial charge in [0.2, 0.25) is 0 Å². The first-order valence-corrected chi connectivity index (χ1v) is 6.29. The molecule has 0 aliphatic carbocycles. The molecule has 0 spiro atoms. The topological polar surface area (TPSA) is 38.1 Å². The van der Waals surface area contributed by atoms with Crippen LogP contribution >= 0.6 is 11.8 Å². The lowest BCUT2D eigenvalue weighted by atomic mass is 10.0. The van der Waals surface area contributed by atoms with Crippen LogP contribution in [0.2, 0.25) is 0 Å². The summed E-state index contributed by atoms with van der Waals surface area (Å²) in [5.41, 5.74) is 2.53. The molecule has 4 heteroatoms. The minimum atomic E-state index is 0.587. The van der Waals surface area contributed by atoms with Crippen LogP contribution in [0, 0.1) is 0 Å². The Morgan fingerprint density at radius 3 is 3.36 bits per heavy atom. The van der Waals surface area contributed by atoms with Crippen molar-refractivity contribution in [3.8, 4) is 0 Å². The van der Waals surface area contributed by atoms with Gasteiger partial charge in [0.05, 0.1) is 5.25 Å². The average molecular weight is 210 g/mol. The molecule has 1 saturated heterocycles. The van der Waals surface area contributed by atoms with E-state index in [1.54, 1.807) is 0 Å². The minimum absolute atomic E-state index is 0.587. The van der Waals surface area contributed by atoms with Crippen LogP contribution in [0.1, 0.15) is 35.1 Å². The molecule has 14 heavy (non-hydrogen) atoms. The highest BCUT2D eigenvalue weighted by Crippen LogP contribution is 2.42. The number of nitrogens with one attached hydrogen (secondary N) is 1. The molecule has 3 heterocycles. The predicted octanol–water partition coefficient (Wildman–Crippen LogP) is 1.89. The molecule has 0 amide bonds. The lowest BCUT2D eigenvalue weighted by molar-refractivity contribution is 0.373. The van der Waals surface area contributed by atoms with Gasteiger partial charge in [-0.1, -0.05) is 5.16 Å². The summed E-state index contributed by atoms with van der Waals surface area (Å²) in [6.45, 7) is 1.95. The summed E-state index contributed by atoms with van der Waals surface area (Å²) in [6.07, 6.45) is 3.67. The zero-order chi connectivity index (χ0) is 9.38. The summed E-state index contributed by atoms with van der Waals surface area (Å²) in [5, 5.41) is 8.05. The van der Waals surface area contributed by atoms with Gasteiger partial charge in [-0.2, -0.15) is 11.8 Å². The number of hydrogen-bond donors (Lipinski definition) is 1. The first kappa shape index (κ1) is 8.80. The zero-order valence-electron chi connectivity index (χ0n) is 8.08. The standard InChI is InChI=1S/C10H14N2OS/c1-2-9(14-5-1)10-7-3-4-11-6-8(7)12-13-10/h9,11H,1-6H2. The lowest BCUT2D eigenvalue weighted by Crippen LogP contribution is -2.23. The van der Waals surface area contributed by atoms with Crippen LogP contribution in [0.3, 0.4) is 0 Å². The Kier molecular flexibility index (Phi) is 2.25. The number of aromatic nitrogens is 1. The third kappa shape index (κ3) is 1.37. The van der Waals surface area contributed by atoms with Crippen LogP contribution < -0.4 is 5.32 Å². The summed E-state index contributed by atoms with van der Waals surface area (Å²) in [6, 6.07) is 0. The molecule has 76 valence electrons. The summed E-state index contributed by atoms with van der Waals surface area (Å²) in [7, 11) is 0. The van der Waals surface area contributed by atoms with Gasteiger partial charge in [0.15, 0.2) is 5.76 Å². The molecule has 1 aromatic heterocycles. The fraction of sp³-hybridized carbons (Fsp3) is 0.700. The van der Waals surface area contributed by atoms with Crippen molar-refractivity contribution in [2.24, 2.45) is 0 Å². The molecule has 1 aromatic rings. The van der Waals surface area contributed by atoms with Crippen LogP contribution in [0.15, 0.2) is 4.52 Å². The van der Waals surface area contributed by atoms with E-state index in [-0.39, 0.29) is 0 Å². The van der Waals surface area contributed by atoms with Gasteiger partial charge in [-0.25, -0.2) is 0 Å². The fourth-order valence-electron chi connectivity index (χ4n) is 2.22. The highest BCUT2D eigenvalue weighted by molar-refractivity contribution is 7.99. The quantitative estimate of drug-likeness (QED) is 0.768. The number of rotatable bonds is 1. The highest BCUT2D eigenvalue weighted by atomic mass is 32.2. The van der Waals surface area contributed by atoms with Crippen molar-refractivity contribution in [2.45, 2.75) is 31.1 Å². The first-order chi connectivity index (χ1) is 6.95. The summed E-state index contributed by atoms with van der Waals surface area (Å²) in [5.74, 6) is 2.45. The Balaban J connectivity index is 1.93. The van der Waals surface area contributed by atoms with Gasteiger partial charge in [0, 0.05) is 12.1 Å². The predicted molar refractivity (Wildman–Crippen MR) is 56.3 cm³/mol. The average Bonchev–Trinajstić information content (AvgIpc) is 2.85. The van der Waals surface area contributed by atoms with E-state index in [2.05, 4.69) is 10.5 Å². The monoisotopic (exact) mass is 210 g/mol. The van der Waals surface area contributed by atoms with Crippen molar-refractivity contribution in [3.05, 3.63) is 17.0 Å². The first-order valence-electron chi connectivity index (χ1n) is 5.25. The van der Waals surface area contributed by atoms with Gasteiger partial charge in [-0.3, -0.25) is 0 Å². The molecule has 3 nitrogen and oxygen atoms in total. The molecule has 2 aliphatic heterocycles. The van der Waals surface area contributed by atoms with Crippen LogP contribution in [0.5, 0.6) is 0 Å². The summed E-state index contributed by atoms with van der Waals surface area (Å²) < 4.78 is 5.49. The van der Waals surface area contributed by atoms with E-state index in [0.29, 0.717) is 5.25 Å². The second kappa shape index (κ2) is 3.59. The van der Waals surface area contributed by atoms with E-state index < -0.39 is 0 Å². The van der Waals surface area contributed by atoms with E-state index in [1.807, 2.05) is 11.8 Å². The molecular formula is C10H14N2OS. The maximum atomic E-state index is 5.49. The van der Waals surface area contributed by atoms with Crippen molar-refractivity contribution in [2.75, 3.05) is 12.3 Å². The van der Waals surface area contributed by atoms with E-state index in [4.69, 9.17) is 4.52 Å². The Bertz CT molecular complexity index is 331. The SMILES string of the molecule is C1CSC(c2onc3c2CCNC3)C1. The van der Waals surface area contributed by atoms with Crippen molar-refractivity contribution in [1.29, 1.82) is 0 Å². The molecule has 0 saturated carbocycles. The third-order valence-electron chi connectivity index (χ3n) is 2.97. The van der Waals surface area contributed by atoms with Gasteiger partial charge in [-0.15, -0.1) is 0 Å². The van der Waals surface area contributed by atoms with E-state index in [0.717, 1.165) is 25.2 Å². The van der Waals surface area contributed by atoms with Gasteiger partial charge < -0.3 is 9.84 Å². The zero-order valence-corrected chi connectivity index (χ0v) is 8.90. The molecule has 1 unspecified atom stereocenters. The van der Waals surface area contributed by atoms with Crippen molar-refractivity contribution < 1.29 is 4.52 Å². The number of thioether (sulfide) groups is 1. The van der Waals surface area contributed by atoms with Crippen molar-refractivity contribution in [1.82, 2.24) is 10.5 Å². The Morgan fingerprint density at radius 1 is 1.50 bits per heavy atom. The molecule has 2 aliphatic rings. The molecule has 1 N–H and O–H groups in total. The van der Waals surface area contributed by atoms with Crippen molar-refractivity contribution in [3.63, 3.8) is 0 Å². The Hall–Kier alpha value is -0.480. The Morgan fingerprint density at radius 2 is 2.50 bits per heavy atom. The minimum Gasteiger partial charge on any atom is -0.360 e. The molecular weight excluding hydrogens is 196 g/mol. The third-order valence-corrected chi connectivity index (χ3v) is 4.34. The molecule has 3 rings (SSSR count). The fourth-order valence-corrected chi connectivity index (χ4v) is 3.51. The maximum Gasteiger partial charge on any atom is 0.153 e. The molecule has 1 fully saturated rings. The van der Waals surface area contributed by atoms with Gasteiger partial charge in [-0.05, 0) is 31.6 Å². The number of nitrogens with zero attached hydrogens (tertiary/aromatic N) is 1. The largest absolute Gasteiger partial charge is 0.360 e. The van der Waals surface area contributed by atoms with Crippen LogP contribution in [-0.2, 0) is 13.0 Å². The van der Waals surface area contributed by atoms with E-state index in [9.17, 15) is 0 Å². The summed E-state index contributed by atoms with van der Waals surface area (Å²) in [4.78, 5) is 0. The normalized spacial score (nSPS) is 26.4. The van der Waals surface area contributed by atoms with E-state index >= 15 is 0 Å². The molecule has 0 aromatic carbocycles. The summed E-state index contributed by atoms with van der Waals surface area (Å²) >= 11 is 2.02. The number of hydrogen-bond acceptors (Lipinski definition) is 4. The molecule has 0 radical (unpaired) electrons. The molecule has 0 bridgehead atoms. The lowest BCUT2D eigenvalue weighted by Gasteiger charge is -2.12. The van der Waals surface area contributed by atoms with Gasteiger partial charge >= 0.3 is 0 Å².